The maximum atomic E-state index is 11.9. The van der Waals surface area contributed by atoms with Gasteiger partial charge in [-0.3, -0.25) is 4.79 Å². The zero-order chi connectivity index (χ0) is 14.1. The van der Waals surface area contributed by atoms with Gasteiger partial charge >= 0.3 is 6.61 Å². The second kappa shape index (κ2) is 8.85. The molecule has 0 fully saturated rings. The van der Waals surface area contributed by atoms with E-state index in [1.165, 1.54) is 12.1 Å². The number of halogens is 3. The number of carbonyl (C=O) groups excluding carboxylic acids is 1. The summed E-state index contributed by atoms with van der Waals surface area (Å²) in [4.78, 5) is 11.5. The molecule has 0 saturated carbocycles. The molecule has 0 saturated heterocycles. The van der Waals surface area contributed by atoms with Crippen LogP contribution in [0.1, 0.15) is 24.8 Å². The van der Waals surface area contributed by atoms with E-state index in [9.17, 15) is 13.6 Å². The van der Waals surface area contributed by atoms with Crippen molar-refractivity contribution in [3.63, 3.8) is 0 Å². The molecular formula is C13H16BrF2NO2. The summed E-state index contributed by atoms with van der Waals surface area (Å²) >= 11 is 3.30. The smallest absolute Gasteiger partial charge is 0.387 e. The second-order valence-corrected chi connectivity index (χ2v) is 4.74. The van der Waals surface area contributed by atoms with Gasteiger partial charge in [0.05, 0.1) is 0 Å². The van der Waals surface area contributed by atoms with E-state index < -0.39 is 6.61 Å². The highest BCUT2D eigenvalue weighted by Crippen LogP contribution is 2.14. The Kier molecular flexibility index (Phi) is 7.40. The fourth-order valence-corrected chi connectivity index (χ4v) is 1.85. The molecule has 0 spiro atoms. The van der Waals surface area contributed by atoms with Gasteiger partial charge in [0.2, 0.25) is 5.91 Å². The summed E-state index contributed by atoms with van der Waals surface area (Å²) in [7, 11) is 0. The Bertz CT molecular complexity index is 385. The largest absolute Gasteiger partial charge is 0.435 e. The number of carbonyl (C=O) groups is 1. The predicted octanol–water partition coefficient (Wildman–Crippen LogP) is 3.47. The molecule has 0 unspecified atom stereocenters. The van der Waals surface area contributed by atoms with E-state index in [1.807, 2.05) is 0 Å². The molecule has 0 aliphatic rings. The van der Waals surface area contributed by atoms with Crippen LogP contribution in [-0.4, -0.2) is 17.8 Å². The van der Waals surface area contributed by atoms with Gasteiger partial charge in [-0.1, -0.05) is 28.1 Å². The molecule has 0 aliphatic carbocycles. The lowest BCUT2D eigenvalue weighted by atomic mass is 10.2. The molecule has 1 N–H and O–H groups in total. The molecule has 1 rings (SSSR count). The predicted molar refractivity (Wildman–Crippen MR) is 72.6 cm³/mol. The molecule has 0 bridgehead atoms. The van der Waals surface area contributed by atoms with Gasteiger partial charge < -0.3 is 10.1 Å². The van der Waals surface area contributed by atoms with E-state index in [0.717, 1.165) is 23.7 Å². The van der Waals surface area contributed by atoms with Crippen molar-refractivity contribution in [3.8, 4) is 5.75 Å². The SMILES string of the molecule is O=C(CCCCBr)NCc1ccc(OC(F)F)cc1. The molecule has 3 nitrogen and oxygen atoms in total. The summed E-state index contributed by atoms with van der Waals surface area (Å²) in [6.07, 6.45) is 2.31. The van der Waals surface area contributed by atoms with Gasteiger partial charge in [0.15, 0.2) is 0 Å². The van der Waals surface area contributed by atoms with Crippen molar-refractivity contribution < 1.29 is 18.3 Å². The van der Waals surface area contributed by atoms with E-state index in [4.69, 9.17) is 0 Å². The lowest BCUT2D eigenvalue weighted by molar-refractivity contribution is -0.121. The Balaban J connectivity index is 2.31. The van der Waals surface area contributed by atoms with Crippen LogP contribution >= 0.6 is 15.9 Å². The number of hydrogen-bond acceptors (Lipinski definition) is 2. The molecule has 0 aromatic heterocycles. The summed E-state index contributed by atoms with van der Waals surface area (Å²) in [5, 5.41) is 3.67. The third kappa shape index (κ3) is 7.10. The third-order valence-corrected chi connectivity index (χ3v) is 2.99. The van der Waals surface area contributed by atoms with E-state index in [-0.39, 0.29) is 11.7 Å². The average molecular weight is 336 g/mol. The first-order valence-corrected chi connectivity index (χ1v) is 7.10. The van der Waals surface area contributed by atoms with Gasteiger partial charge in [-0.2, -0.15) is 8.78 Å². The number of amides is 1. The summed E-state index contributed by atoms with van der Waals surface area (Å²) in [5.74, 6) is 0.108. The first-order valence-electron chi connectivity index (χ1n) is 5.98. The second-order valence-electron chi connectivity index (χ2n) is 3.95. The van der Waals surface area contributed by atoms with E-state index >= 15 is 0 Å². The molecule has 0 atom stereocenters. The van der Waals surface area contributed by atoms with Crippen LogP contribution in [0.5, 0.6) is 5.75 Å². The van der Waals surface area contributed by atoms with Crippen molar-refractivity contribution in [3.05, 3.63) is 29.8 Å². The van der Waals surface area contributed by atoms with Gasteiger partial charge in [-0.05, 0) is 30.5 Å². The highest BCUT2D eigenvalue weighted by atomic mass is 79.9. The molecule has 106 valence electrons. The van der Waals surface area contributed by atoms with Crippen LogP contribution in [0, 0.1) is 0 Å². The van der Waals surface area contributed by atoms with Crippen LogP contribution in [0.2, 0.25) is 0 Å². The molecule has 1 aromatic rings. The number of hydrogen-bond donors (Lipinski definition) is 1. The fraction of sp³-hybridized carbons (Fsp3) is 0.462. The Morgan fingerprint density at radius 2 is 1.95 bits per heavy atom. The highest BCUT2D eigenvalue weighted by Gasteiger charge is 2.04. The number of nitrogens with one attached hydrogen (secondary N) is 1. The maximum Gasteiger partial charge on any atom is 0.387 e. The van der Waals surface area contributed by atoms with Gasteiger partial charge in [-0.25, -0.2) is 0 Å². The number of rotatable bonds is 8. The molecule has 19 heavy (non-hydrogen) atoms. The van der Waals surface area contributed by atoms with Gasteiger partial charge in [-0.15, -0.1) is 0 Å². The van der Waals surface area contributed by atoms with Crippen LogP contribution in [0.3, 0.4) is 0 Å². The van der Waals surface area contributed by atoms with Crippen LogP contribution in [0.25, 0.3) is 0 Å². The Labute approximate surface area is 119 Å². The van der Waals surface area contributed by atoms with Crippen LogP contribution in [0.4, 0.5) is 8.78 Å². The lowest BCUT2D eigenvalue weighted by Gasteiger charge is -2.07. The summed E-state index contributed by atoms with van der Waals surface area (Å²) < 4.78 is 28.1. The fourth-order valence-electron chi connectivity index (χ4n) is 1.46. The van der Waals surface area contributed by atoms with Gasteiger partial charge in [0.1, 0.15) is 5.75 Å². The van der Waals surface area contributed by atoms with Crippen molar-refractivity contribution >= 4 is 21.8 Å². The average Bonchev–Trinajstić information content (AvgIpc) is 2.37. The number of benzene rings is 1. The monoisotopic (exact) mass is 335 g/mol. The molecule has 6 heteroatoms. The maximum absolute atomic E-state index is 11.9. The summed E-state index contributed by atoms with van der Waals surface area (Å²) in [6, 6.07) is 6.21. The van der Waals surface area contributed by atoms with Crippen molar-refractivity contribution in [2.45, 2.75) is 32.4 Å². The topological polar surface area (TPSA) is 38.3 Å². The van der Waals surface area contributed by atoms with Crippen molar-refractivity contribution in [2.24, 2.45) is 0 Å². The zero-order valence-electron chi connectivity index (χ0n) is 10.4. The Morgan fingerprint density at radius 1 is 1.26 bits per heavy atom. The molecule has 0 heterocycles. The third-order valence-electron chi connectivity index (χ3n) is 2.43. The Morgan fingerprint density at radius 3 is 2.53 bits per heavy atom. The molecule has 0 aliphatic heterocycles. The first-order chi connectivity index (χ1) is 9.11. The quantitative estimate of drug-likeness (QED) is 0.583. The minimum absolute atomic E-state index is 0.00569. The number of unbranched alkanes of at least 4 members (excludes halogenated alkanes) is 1. The highest BCUT2D eigenvalue weighted by molar-refractivity contribution is 9.09. The molecular weight excluding hydrogens is 320 g/mol. The van der Waals surface area contributed by atoms with Crippen LogP contribution < -0.4 is 10.1 Å². The summed E-state index contributed by atoms with van der Waals surface area (Å²) in [5.41, 5.74) is 0.843. The molecule has 0 radical (unpaired) electrons. The lowest BCUT2D eigenvalue weighted by Crippen LogP contribution is -2.22. The van der Waals surface area contributed by atoms with Crippen LogP contribution in [-0.2, 0) is 11.3 Å². The minimum Gasteiger partial charge on any atom is -0.435 e. The number of alkyl halides is 3. The normalized spacial score (nSPS) is 10.5. The van der Waals surface area contributed by atoms with E-state index in [1.54, 1.807) is 12.1 Å². The van der Waals surface area contributed by atoms with E-state index in [0.29, 0.717) is 13.0 Å². The molecule has 1 amide bonds. The van der Waals surface area contributed by atoms with Crippen LogP contribution in [0.15, 0.2) is 24.3 Å². The van der Waals surface area contributed by atoms with E-state index in [2.05, 4.69) is 26.0 Å². The Hall–Kier alpha value is -1.17. The zero-order valence-corrected chi connectivity index (χ0v) is 12.0. The standard InChI is InChI=1S/C13H16BrF2NO2/c14-8-2-1-3-12(18)17-9-10-4-6-11(7-5-10)19-13(15)16/h4-7,13H,1-3,8-9H2,(H,17,18). The van der Waals surface area contributed by atoms with Gasteiger partial charge in [0, 0.05) is 18.3 Å². The minimum atomic E-state index is -2.82. The van der Waals surface area contributed by atoms with Crippen molar-refractivity contribution in [1.29, 1.82) is 0 Å². The number of ether oxygens (including phenoxy) is 1. The molecule has 1 aromatic carbocycles. The first kappa shape index (κ1) is 15.9. The van der Waals surface area contributed by atoms with Gasteiger partial charge in [0.25, 0.3) is 0 Å². The summed E-state index contributed by atoms with van der Waals surface area (Å²) in [6.45, 7) is -2.43. The van der Waals surface area contributed by atoms with Crippen molar-refractivity contribution in [1.82, 2.24) is 5.32 Å². The van der Waals surface area contributed by atoms with Crippen molar-refractivity contribution in [2.75, 3.05) is 5.33 Å².